The van der Waals surface area contributed by atoms with Crippen molar-refractivity contribution in [3.05, 3.63) is 56.8 Å². The van der Waals surface area contributed by atoms with E-state index in [0.717, 1.165) is 29.5 Å². The molecule has 146 valence electrons. The van der Waals surface area contributed by atoms with Gasteiger partial charge < -0.3 is 25.2 Å². The minimum atomic E-state index is -1.37. The SMILES string of the molecule is CCc1ccc(Cc2ccc3c(c2)[C@]2(OC3)S[C@H](CO)[C@@H](O)[C@H](O)[C@H]2O)s1. The van der Waals surface area contributed by atoms with Crippen LogP contribution >= 0.6 is 23.1 Å². The van der Waals surface area contributed by atoms with E-state index < -0.39 is 28.5 Å². The molecule has 0 unspecified atom stereocenters. The van der Waals surface area contributed by atoms with Crippen LogP contribution in [0.25, 0.3) is 0 Å². The number of aryl methyl sites for hydroxylation is 1. The van der Waals surface area contributed by atoms with Gasteiger partial charge in [-0.2, -0.15) is 0 Å². The van der Waals surface area contributed by atoms with Crippen molar-refractivity contribution in [2.75, 3.05) is 6.61 Å². The molecule has 1 aromatic heterocycles. The fourth-order valence-corrected chi connectivity index (χ4v) is 6.38. The summed E-state index contributed by atoms with van der Waals surface area (Å²) in [6.45, 7) is 2.18. The predicted octanol–water partition coefficient (Wildman–Crippen LogP) is 1.77. The standard InChI is InChI=1S/C20H24O5S2/c1-2-13-5-6-14(26-13)7-11-3-4-12-10-25-20(15(12)8-11)19(24)18(23)17(22)16(9-21)27-20/h3-6,8,16-19,21-24H,2,7,9-10H2,1H3/t16-,17-,18+,19-,20+/m1/s1. The van der Waals surface area contributed by atoms with Crippen LogP contribution in [0.5, 0.6) is 0 Å². The smallest absolute Gasteiger partial charge is 0.168 e. The second-order valence-electron chi connectivity index (χ2n) is 7.11. The molecule has 1 aromatic carbocycles. The van der Waals surface area contributed by atoms with Crippen LogP contribution in [0.4, 0.5) is 0 Å². The summed E-state index contributed by atoms with van der Waals surface area (Å²) in [5.41, 5.74) is 2.90. The number of rotatable bonds is 4. The van der Waals surface area contributed by atoms with E-state index in [9.17, 15) is 20.4 Å². The van der Waals surface area contributed by atoms with Crippen LogP contribution in [0.15, 0.2) is 30.3 Å². The number of fused-ring (bicyclic) bond motifs is 2. The van der Waals surface area contributed by atoms with Crippen LogP contribution in [0, 0.1) is 0 Å². The first-order valence-electron chi connectivity index (χ1n) is 9.15. The molecule has 27 heavy (non-hydrogen) atoms. The molecule has 1 saturated heterocycles. The zero-order valence-electron chi connectivity index (χ0n) is 15.0. The summed E-state index contributed by atoms with van der Waals surface area (Å²) < 4.78 is 5.98. The third-order valence-corrected chi connectivity index (χ3v) is 8.28. The van der Waals surface area contributed by atoms with Crippen LogP contribution in [0.3, 0.4) is 0 Å². The number of hydrogen-bond acceptors (Lipinski definition) is 7. The van der Waals surface area contributed by atoms with Gasteiger partial charge in [0.15, 0.2) is 4.93 Å². The molecule has 0 bridgehead atoms. The number of hydrogen-bond donors (Lipinski definition) is 4. The molecule has 0 saturated carbocycles. The van der Waals surface area contributed by atoms with Gasteiger partial charge in [0.1, 0.15) is 12.2 Å². The van der Waals surface area contributed by atoms with Crippen LogP contribution in [-0.2, 0) is 29.1 Å². The Bertz CT molecular complexity index is 820. The van der Waals surface area contributed by atoms with E-state index in [1.165, 1.54) is 21.5 Å². The highest BCUT2D eigenvalue weighted by atomic mass is 32.2. The molecular weight excluding hydrogens is 384 g/mol. The third-order valence-electron chi connectivity index (χ3n) is 5.39. The van der Waals surface area contributed by atoms with Crippen molar-refractivity contribution >= 4 is 23.1 Å². The lowest BCUT2D eigenvalue weighted by Gasteiger charge is -2.45. The molecule has 5 atom stereocenters. The quantitative estimate of drug-likeness (QED) is 0.617. The highest BCUT2D eigenvalue weighted by molar-refractivity contribution is 8.00. The van der Waals surface area contributed by atoms with E-state index in [4.69, 9.17) is 4.74 Å². The topological polar surface area (TPSA) is 90.2 Å². The number of aliphatic hydroxyl groups is 4. The largest absolute Gasteiger partial charge is 0.395 e. The Morgan fingerprint density at radius 2 is 1.89 bits per heavy atom. The van der Waals surface area contributed by atoms with Gasteiger partial charge in [-0.05, 0) is 29.7 Å². The molecule has 1 spiro atoms. The Kier molecular flexibility index (Phi) is 5.37. The van der Waals surface area contributed by atoms with Gasteiger partial charge in [-0.25, -0.2) is 0 Å². The maximum atomic E-state index is 10.7. The Morgan fingerprint density at radius 1 is 1.11 bits per heavy atom. The second kappa shape index (κ2) is 7.48. The van der Waals surface area contributed by atoms with E-state index in [-0.39, 0.29) is 6.61 Å². The Morgan fingerprint density at radius 3 is 2.59 bits per heavy atom. The summed E-state index contributed by atoms with van der Waals surface area (Å²) in [5.74, 6) is 0. The maximum absolute atomic E-state index is 10.7. The third kappa shape index (κ3) is 3.25. The van der Waals surface area contributed by atoms with Crippen molar-refractivity contribution in [2.45, 2.75) is 54.9 Å². The number of thiophene rings is 1. The van der Waals surface area contributed by atoms with E-state index in [1.807, 2.05) is 12.1 Å². The molecule has 4 rings (SSSR count). The summed E-state index contributed by atoms with van der Waals surface area (Å²) >= 11 is 3.00. The zero-order valence-corrected chi connectivity index (χ0v) is 16.7. The monoisotopic (exact) mass is 408 g/mol. The van der Waals surface area contributed by atoms with Crippen molar-refractivity contribution in [1.29, 1.82) is 0 Å². The average molecular weight is 409 g/mol. The highest BCUT2D eigenvalue weighted by Gasteiger charge is 2.57. The molecule has 3 heterocycles. The van der Waals surface area contributed by atoms with Gasteiger partial charge in [0.05, 0.1) is 24.6 Å². The summed E-state index contributed by atoms with van der Waals surface area (Å²) in [7, 11) is 0. The van der Waals surface area contributed by atoms with Gasteiger partial charge in [0, 0.05) is 21.7 Å². The fraction of sp³-hybridized carbons (Fsp3) is 0.500. The number of benzene rings is 1. The maximum Gasteiger partial charge on any atom is 0.168 e. The van der Waals surface area contributed by atoms with Crippen LogP contribution in [0.2, 0.25) is 0 Å². The Hall–Kier alpha value is -0.930. The van der Waals surface area contributed by atoms with Crippen LogP contribution in [-0.4, -0.2) is 50.6 Å². The van der Waals surface area contributed by atoms with Gasteiger partial charge in [0.2, 0.25) is 0 Å². The van der Waals surface area contributed by atoms with Crippen molar-refractivity contribution in [3.63, 3.8) is 0 Å². The highest BCUT2D eigenvalue weighted by Crippen LogP contribution is 2.54. The van der Waals surface area contributed by atoms with E-state index in [1.54, 1.807) is 11.3 Å². The molecule has 0 aliphatic carbocycles. The Balaban J connectivity index is 1.67. The normalized spacial score (nSPS) is 32.8. The van der Waals surface area contributed by atoms with Crippen molar-refractivity contribution in [2.24, 2.45) is 0 Å². The van der Waals surface area contributed by atoms with Crippen LogP contribution < -0.4 is 0 Å². The van der Waals surface area contributed by atoms with Crippen molar-refractivity contribution in [3.8, 4) is 0 Å². The molecule has 0 radical (unpaired) electrons. The molecule has 7 heteroatoms. The molecule has 2 aliphatic rings. The minimum absolute atomic E-state index is 0.301. The molecule has 1 fully saturated rings. The van der Waals surface area contributed by atoms with Gasteiger partial charge >= 0.3 is 0 Å². The second-order valence-corrected chi connectivity index (χ2v) is 9.81. The molecular formula is C20H24O5S2. The van der Waals surface area contributed by atoms with Crippen LogP contribution in [0.1, 0.15) is 33.4 Å². The zero-order chi connectivity index (χ0) is 19.2. The number of aliphatic hydroxyl groups excluding tert-OH is 4. The number of ether oxygens (including phenoxy) is 1. The van der Waals surface area contributed by atoms with Gasteiger partial charge in [0.25, 0.3) is 0 Å². The fourth-order valence-electron chi connectivity index (χ4n) is 3.84. The predicted molar refractivity (Wildman–Crippen MR) is 106 cm³/mol. The van der Waals surface area contributed by atoms with Gasteiger partial charge in [-0.1, -0.05) is 25.1 Å². The lowest BCUT2D eigenvalue weighted by Crippen LogP contribution is -2.58. The summed E-state index contributed by atoms with van der Waals surface area (Å²) in [6.07, 6.45) is -2.02. The van der Waals surface area contributed by atoms with E-state index in [2.05, 4.69) is 25.1 Å². The molecule has 5 nitrogen and oxygen atoms in total. The molecule has 2 aromatic rings. The molecule has 4 N–H and O–H groups in total. The lowest BCUT2D eigenvalue weighted by atomic mass is 9.91. The first kappa shape index (κ1) is 19.4. The van der Waals surface area contributed by atoms with E-state index >= 15 is 0 Å². The lowest BCUT2D eigenvalue weighted by molar-refractivity contribution is -0.147. The summed E-state index contributed by atoms with van der Waals surface area (Å²) in [5, 5.41) is 40.2. The Labute approximate surface area is 166 Å². The molecule has 2 aliphatic heterocycles. The minimum Gasteiger partial charge on any atom is -0.395 e. The molecule has 0 amide bonds. The first-order valence-corrected chi connectivity index (χ1v) is 10.8. The summed E-state index contributed by atoms with van der Waals surface area (Å²) in [6, 6.07) is 10.4. The average Bonchev–Trinajstić information content (AvgIpc) is 3.28. The van der Waals surface area contributed by atoms with Gasteiger partial charge in [-0.3, -0.25) is 0 Å². The van der Waals surface area contributed by atoms with Crippen molar-refractivity contribution < 1.29 is 25.2 Å². The summed E-state index contributed by atoms with van der Waals surface area (Å²) in [4.78, 5) is 1.47. The number of thioether (sulfide) groups is 1. The van der Waals surface area contributed by atoms with Crippen molar-refractivity contribution in [1.82, 2.24) is 0 Å². The van der Waals surface area contributed by atoms with Gasteiger partial charge in [-0.15, -0.1) is 23.1 Å². The van der Waals surface area contributed by atoms with E-state index in [0.29, 0.717) is 6.61 Å². The first-order chi connectivity index (χ1) is 13.0.